The Morgan fingerprint density at radius 2 is 1.38 bits per heavy atom. The van der Waals surface area contributed by atoms with E-state index in [1.165, 1.54) is 11.1 Å². The third-order valence-corrected chi connectivity index (χ3v) is 3.84. The Balaban J connectivity index is 1.90. The third-order valence-electron chi connectivity index (χ3n) is 3.84. The Hall–Kier alpha value is -2.26. The van der Waals surface area contributed by atoms with Crippen molar-refractivity contribution in [2.24, 2.45) is 0 Å². The molecule has 0 aliphatic carbocycles. The molecule has 0 radical (unpaired) electrons. The Morgan fingerprint density at radius 3 is 1.86 bits per heavy atom. The minimum absolute atomic E-state index is 0.215. The molecule has 3 rings (SSSR count). The highest BCUT2D eigenvalue weighted by Crippen LogP contribution is 2.24. The zero-order valence-electron chi connectivity index (χ0n) is 11.9. The van der Waals surface area contributed by atoms with E-state index in [1.807, 2.05) is 36.4 Å². The predicted octanol–water partition coefficient (Wildman–Crippen LogP) is 2.39. The number of hydrogen-bond donors (Lipinski definition) is 0. The largest absolute Gasteiger partial charge is 0.604 e. The van der Waals surface area contributed by atoms with Gasteiger partial charge in [0.25, 0.3) is 0 Å². The maximum absolute atomic E-state index is 11.8. The van der Waals surface area contributed by atoms with E-state index in [2.05, 4.69) is 24.3 Å². The zero-order chi connectivity index (χ0) is 14.5. The van der Waals surface area contributed by atoms with Crippen LogP contribution in [0.5, 0.6) is 0 Å². The Kier molecular flexibility index (Phi) is 3.93. The van der Waals surface area contributed by atoms with E-state index < -0.39 is 0 Å². The minimum Gasteiger partial charge on any atom is -0.604 e. The van der Waals surface area contributed by atoms with Crippen LogP contribution >= 0.6 is 0 Å². The van der Waals surface area contributed by atoms with Crippen LogP contribution in [0.25, 0.3) is 0 Å². The van der Waals surface area contributed by atoms with Crippen molar-refractivity contribution in [1.82, 2.24) is 0 Å². The predicted molar refractivity (Wildman–Crippen MR) is 79.5 cm³/mol. The molecule has 0 saturated carbocycles. The lowest BCUT2D eigenvalue weighted by Gasteiger charge is -2.40. The summed E-state index contributed by atoms with van der Waals surface area (Å²) in [5.41, 5.74) is 2.47. The average Bonchev–Trinajstić information content (AvgIpc) is 2.49. The molecule has 0 saturated heterocycles. The molecule has 1 aliphatic rings. The average molecular weight is 281 g/mol. The molecule has 3 nitrogen and oxygen atoms in total. The molecule has 0 N–H and O–H groups in total. The van der Waals surface area contributed by atoms with Gasteiger partial charge in [0.2, 0.25) is 0 Å². The molecule has 0 unspecified atom stereocenters. The number of rotatable bonds is 4. The van der Waals surface area contributed by atoms with Crippen LogP contribution in [0.2, 0.25) is 0 Å². The van der Waals surface area contributed by atoms with Gasteiger partial charge in [0, 0.05) is 17.7 Å². The van der Waals surface area contributed by atoms with Gasteiger partial charge in [0.1, 0.15) is 25.2 Å². The fourth-order valence-electron chi connectivity index (χ4n) is 2.85. The Bertz CT molecular complexity index is 566. The van der Waals surface area contributed by atoms with Gasteiger partial charge in [-0.05, 0) is 0 Å². The van der Waals surface area contributed by atoms with Gasteiger partial charge in [-0.15, -0.1) is 0 Å². The van der Waals surface area contributed by atoms with Gasteiger partial charge in [0.05, 0.1) is 6.54 Å². The SMILES string of the molecule is [O-]C1=C[N+](Cc2ccccc2)(Cc2ccccc2)CCO1. The highest BCUT2D eigenvalue weighted by molar-refractivity contribution is 5.16. The van der Waals surface area contributed by atoms with Crippen LogP contribution in [0.3, 0.4) is 0 Å². The maximum atomic E-state index is 11.8. The Morgan fingerprint density at radius 1 is 0.857 bits per heavy atom. The molecule has 0 bridgehead atoms. The molecule has 0 amide bonds. The summed E-state index contributed by atoms with van der Waals surface area (Å²) in [6.45, 7) is 2.92. The number of nitrogens with zero attached hydrogens (tertiary/aromatic N) is 1. The molecule has 3 heteroatoms. The first-order chi connectivity index (χ1) is 10.3. The van der Waals surface area contributed by atoms with Gasteiger partial charge in [-0.25, -0.2) is 0 Å². The smallest absolute Gasteiger partial charge is 0.118 e. The minimum atomic E-state index is -0.215. The number of quaternary nitrogens is 1. The van der Waals surface area contributed by atoms with Crippen molar-refractivity contribution in [2.45, 2.75) is 13.1 Å². The molecule has 0 spiro atoms. The zero-order valence-corrected chi connectivity index (χ0v) is 11.9. The molecular formula is C18H19NO2. The lowest BCUT2D eigenvalue weighted by atomic mass is 10.1. The number of ether oxygens (including phenoxy) is 1. The molecule has 21 heavy (non-hydrogen) atoms. The summed E-state index contributed by atoms with van der Waals surface area (Å²) in [6, 6.07) is 20.6. The van der Waals surface area contributed by atoms with E-state index >= 15 is 0 Å². The fourth-order valence-corrected chi connectivity index (χ4v) is 2.85. The molecule has 1 heterocycles. The summed E-state index contributed by atoms with van der Waals surface area (Å²) in [7, 11) is 0. The summed E-state index contributed by atoms with van der Waals surface area (Å²) in [5.74, 6) is -0.215. The first kappa shape index (κ1) is 13.7. The summed E-state index contributed by atoms with van der Waals surface area (Å²) < 4.78 is 5.72. The highest BCUT2D eigenvalue weighted by atomic mass is 16.6. The van der Waals surface area contributed by atoms with E-state index in [1.54, 1.807) is 6.20 Å². The van der Waals surface area contributed by atoms with E-state index in [0.717, 1.165) is 19.6 Å². The standard InChI is InChI=1S/C18H19NO2/c20-18-15-19(11-12-21-18,13-16-7-3-1-4-8-16)14-17-9-5-2-6-10-17/h1-10,15H,11-14H2. The van der Waals surface area contributed by atoms with Crippen LogP contribution in [0, 0.1) is 0 Å². The molecule has 108 valence electrons. The van der Waals surface area contributed by atoms with Gasteiger partial charge in [-0.3, -0.25) is 4.48 Å². The van der Waals surface area contributed by atoms with Crippen molar-refractivity contribution in [3.8, 4) is 0 Å². The van der Waals surface area contributed by atoms with E-state index in [-0.39, 0.29) is 5.95 Å². The summed E-state index contributed by atoms with van der Waals surface area (Å²) in [4.78, 5) is 0. The van der Waals surface area contributed by atoms with E-state index in [4.69, 9.17) is 4.74 Å². The normalized spacial score (nSPS) is 16.9. The van der Waals surface area contributed by atoms with Crippen molar-refractivity contribution in [3.63, 3.8) is 0 Å². The van der Waals surface area contributed by atoms with Crippen LogP contribution in [-0.4, -0.2) is 17.6 Å². The fraction of sp³-hybridized carbons (Fsp3) is 0.222. The van der Waals surface area contributed by atoms with Gasteiger partial charge in [-0.2, -0.15) is 0 Å². The molecule has 0 atom stereocenters. The lowest BCUT2D eigenvalue weighted by molar-refractivity contribution is -0.913. The van der Waals surface area contributed by atoms with Crippen molar-refractivity contribution in [3.05, 3.63) is 83.9 Å². The van der Waals surface area contributed by atoms with Crippen LogP contribution in [-0.2, 0) is 17.8 Å². The number of benzene rings is 2. The first-order valence-electron chi connectivity index (χ1n) is 7.22. The quantitative estimate of drug-likeness (QED) is 0.806. The van der Waals surface area contributed by atoms with Crippen molar-refractivity contribution < 1.29 is 14.3 Å². The van der Waals surface area contributed by atoms with Gasteiger partial charge < -0.3 is 9.84 Å². The van der Waals surface area contributed by atoms with Crippen molar-refractivity contribution in [2.75, 3.05) is 13.2 Å². The molecule has 1 aliphatic heterocycles. The first-order valence-corrected chi connectivity index (χ1v) is 7.22. The van der Waals surface area contributed by atoms with Crippen LogP contribution in [0.4, 0.5) is 0 Å². The van der Waals surface area contributed by atoms with Crippen LogP contribution in [0.1, 0.15) is 11.1 Å². The monoisotopic (exact) mass is 281 g/mol. The van der Waals surface area contributed by atoms with E-state index in [0.29, 0.717) is 11.1 Å². The number of hydrogen-bond acceptors (Lipinski definition) is 2. The van der Waals surface area contributed by atoms with Crippen molar-refractivity contribution in [1.29, 1.82) is 0 Å². The third kappa shape index (κ3) is 3.44. The second kappa shape index (κ2) is 6.02. The maximum Gasteiger partial charge on any atom is 0.118 e. The second-order valence-electron chi connectivity index (χ2n) is 5.53. The van der Waals surface area contributed by atoms with Crippen molar-refractivity contribution >= 4 is 0 Å². The second-order valence-corrected chi connectivity index (χ2v) is 5.53. The summed E-state index contributed by atoms with van der Waals surface area (Å²) in [5, 5.41) is 11.8. The van der Waals surface area contributed by atoms with Crippen LogP contribution in [0.15, 0.2) is 72.8 Å². The molecular weight excluding hydrogens is 262 g/mol. The molecule has 2 aromatic carbocycles. The summed E-state index contributed by atoms with van der Waals surface area (Å²) in [6.07, 6.45) is 1.73. The Labute approximate surface area is 125 Å². The lowest BCUT2D eigenvalue weighted by Crippen LogP contribution is -2.47. The van der Waals surface area contributed by atoms with Gasteiger partial charge in [-0.1, -0.05) is 60.7 Å². The molecule has 2 aromatic rings. The topological polar surface area (TPSA) is 32.3 Å². The summed E-state index contributed by atoms with van der Waals surface area (Å²) >= 11 is 0. The molecule has 0 aromatic heterocycles. The highest BCUT2D eigenvalue weighted by Gasteiger charge is 2.28. The molecule has 0 fully saturated rings. The van der Waals surface area contributed by atoms with E-state index in [9.17, 15) is 5.11 Å². The van der Waals surface area contributed by atoms with Gasteiger partial charge >= 0.3 is 0 Å². The van der Waals surface area contributed by atoms with Gasteiger partial charge in [0.15, 0.2) is 0 Å². The van der Waals surface area contributed by atoms with Crippen LogP contribution < -0.4 is 5.11 Å².